The maximum atomic E-state index is 12.2. The summed E-state index contributed by atoms with van der Waals surface area (Å²) in [5.74, 6) is 0.525. The molecule has 120 heavy (non-hydrogen) atoms. The Labute approximate surface area is 739 Å². The van der Waals surface area contributed by atoms with Gasteiger partial charge in [-0.05, 0) is 218 Å². The molecule has 6 heterocycles. The van der Waals surface area contributed by atoms with Crippen LogP contribution in [0.4, 0.5) is 0 Å². The van der Waals surface area contributed by atoms with Crippen molar-refractivity contribution < 1.29 is 92.9 Å². The molecule has 0 aromatic heterocycles. The first kappa shape index (κ1) is 109. The Morgan fingerprint density at radius 2 is 0.858 bits per heavy atom. The Bertz CT molecular complexity index is 3490. The van der Waals surface area contributed by atoms with Crippen LogP contribution in [0.2, 0.25) is 54.4 Å². The number of carbonyl (C=O) groups excluding carboxylic acids is 2. The summed E-state index contributed by atoms with van der Waals surface area (Å²) in [4.78, 5) is 24.2. The molecule has 26 heteroatoms. The van der Waals surface area contributed by atoms with Crippen LogP contribution in [-0.4, -0.2) is 201 Å². The fraction of sp³-hybridized carbons (Fsp3) is 0.766. The van der Waals surface area contributed by atoms with E-state index in [9.17, 15) is 19.8 Å². The summed E-state index contributed by atoms with van der Waals surface area (Å²) in [6.45, 7) is 68.7. The summed E-state index contributed by atoms with van der Waals surface area (Å²) in [5, 5.41) is 20.3. The second-order valence-corrected chi connectivity index (χ2v) is 58.2. The quantitative estimate of drug-likeness (QED) is 0.0217. The monoisotopic (exact) mass is 1790 g/mol. The number of halogens is 1. The average molecular weight is 1790 g/mol. The van der Waals surface area contributed by atoms with E-state index in [1.165, 1.54) is 11.1 Å². The minimum atomic E-state index is -2.14. The van der Waals surface area contributed by atoms with Gasteiger partial charge in [0.25, 0.3) is 0 Å². The molecule has 0 amide bonds. The summed E-state index contributed by atoms with van der Waals surface area (Å²) in [5.41, 5.74) is 6.06. The van der Waals surface area contributed by atoms with E-state index in [0.717, 1.165) is 119 Å². The van der Waals surface area contributed by atoms with Crippen molar-refractivity contribution in [3.63, 3.8) is 0 Å². The number of hydrogen-bond donors (Lipinski definition) is 2. The van der Waals surface area contributed by atoms with Crippen LogP contribution in [-0.2, 0) is 102 Å². The Kier molecular flexibility index (Phi) is 45.0. The summed E-state index contributed by atoms with van der Waals surface area (Å²) in [6, 6.07) is 21.1. The third kappa shape index (κ3) is 35.2. The van der Waals surface area contributed by atoms with Crippen LogP contribution < -0.4 is 0 Å². The number of rotatable bonds is 34. The number of carbonyl (C=O) groups is 2. The smallest absolute Gasteiger partial charge is 0.335 e. The van der Waals surface area contributed by atoms with Crippen LogP contribution in [0.15, 0.2) is 109 Å². The Morgan fingerprint density at radius 3 is 1.18 bits per heavy atom. The molecule has 0 spiro atoms. The van der Waals surface area contributed by atoms with Gasteiger partial charge in [0, 0.05) is 51.7 Å². The van der Waals surface area contributed by atoms with E-state index in [4.69, 9.17) is 84.1 Å². The molecule has 4 unspecified atom stereocenters. The minimum Gasteiger partial charge on any atom is -0.465 e. The molecule has 6 aliphatic heterocycles. The van der Waals surface area contributed by atoms with Crippen molar-refractivity contribution in [2.75, 3.05) is 40.6 Å². The number of aliphatic hydroxyl groups excluding tert-OH is 2. The number of aliphatic hydroxyl groups is 2. The number of ether oxygens (including phenoxy) is 10. The highest BCUT2D eigenvalue weighted by Gasteiger charge is 2.51. The van der Waals surface area contributed by atoms with E-state index < -0.39 is 64.1 Å². The second kappa shape index (κ2) is 49.7. The van der Waals surface area contributed by atoms with Crippen molar-refractivity contribution in [1.82, 2.24) is 0 Å². The van der Waals surface area contributed by atoms with Crippen LogP contribution >= 0.6 is 11.1 Å². The van der Waals surface area contributed by atoms with Crippen LogP contribution in [0, 0.1) is 34.5 Å². The predicted molar refractivity (Wildman–Crippen MR) is 490 cm³/mol. The number of methoxy groups -OCH3 is 2. The molecular formula is C94H159ClO20S2Si3. The van der Waals surface area contributed by atoms with Gasteiger partial charge in [-0.25, -0.2) is 0 Å². The van der Waals surface area contributed by atoms with E-state index >= 15 is 0 Å². The number of esters is 2. The lowest BCUT2D eigenvalue weighted by Crippen LogP contribution is -2.49. The van der Waals surface area contributed by atoms with Gasteiger partial charge in [-0.2, -0.15) is 27.9 Å². The van der Waals surface area contributed by atoms with E-state index in [1.54, 1.807) is 7.11 Å². The molecule has 20 atom stereocenters. The summed E-state index contributed by atoms with van der Waals surface area (Å²) in [7, 11) is -2.01. The molecule has 20 nitrogen and oxygen atoms in total. The molecule has 0 aliphatic carbocycles. The van der Waals surface area contributed by atoms with Crippen LogP contribution in [0.3, 0.4) is 0 Å². The Balaban J connectivity index is 0.000000445. The van der Waals surface area contributed by atoms with Crippen molar-refractivity contribution in [3.05, 3.63) is 120 Å². The number of benzene rings is 2. The van der Waals surface area contributed by atoms with Gasteiger partial charge in [0.05, 0.1) is 135 Å². The molecule has 686 valence electrons. The minimum absolute atomic E-state index is 0.0131. The lowest BCUT2D eigenvalue weighted by atomic mass is 9.81. The highest BCUT2D eigenvalue weighted by atomic mass is 35.6. The molecule has 6 fully saturated rings. The standard InChI is InChI=1S/C50H86O8Si2.C38H58O8.C6H15ClSi.2O2S/c1-34-28-39(25-26-42-35(2)29-38(55-42)24-21-27-53-47(51)48(4,5)6)56-43(36(34)3)32-44-41(30-37-22-19-18-20-23-37)46(52-13)45(57-44)31-40(58-60(16,17)50(10,11)12)33-54-59(14,15)49(7,8)9;1-24-18-30(15-16-32-25(2)19-29(44-32)14-11-17-43-37(41)38(4,5)6)45-33(26(24)3)22-34-31(20-27-12-9-8-10-13-27)36(42-7)35(46-34)21-28(40)23-39;1-6(2,3)8(4,5)7;2*1-3-2/h18-20,22-23,34,38-46H,2-3,21,24-33H2,1,4-17H3;8-10,12-13,24,28-36,39-40H,2-3,11,14-23H2,1,4-7H3;1-5H3;;/t34-,38+,39?,40+,41+,42+,43?,44+,45-,46-;24-,28+,29+,30?,31+,32+,33?,34+,35-,36-;;;/m11.../s1. The zero-order valence-electron chi connectivity index (χ0n) is 78.1. The summed E-state index contributed by atoms with van der Waals surface area (Å²) >= 11 is 4.65. The molecule has 8 rings (SSSR count). The van der Waals surface area contributed by atoms with Gasteiger partial charge >= 0.3 is 35.1 Å². The van der Waals surface area contributed by atoms with E-state index in [1.807, 2.05) is 66.9 Å². The Hall–Kier alpha value is -3.56. The fourth-order valence-corrected chi connectivity index (χ4v) is 18.0. The van der Waals surface area contributed by atoms with Gasteiger partial charge < -0.3 is 66.4 Å². The molecule has 0 radical (unpaired) electrons. The maximum absolute atomic E-state index is 12.2. The normalized spacial score (nSPS) is 28.1. The molecular weight excluding hydrogens is 1630 g/mol. The largest absolute Gasteiger partial charge is 0.465 e. The molecule has 0 bridgehead atoms. The van der Waals surface area contributed by atoms with Gasteiger partial charge in [0.15, 0.2) is 24.0 Å². The van der Waals surface area contributed by atoms with Gasteiger partial charge in [-0.1, -0.05) is 176 Å². The lowest BCUT2D eigenvalue weighted by Gasteiger charge is -2.42. The fourth-order valence-electron chi connectivity index (χ4n) is 15.6. The van der Waals surface area contributed by atoms with Crippen molar-refractivity contribution in [2.45, 2.75) is 385 Å². The van der Waals surface area contributed by atoms with Gasteiger partial charge in [0.2, 0.25) is 0 Å². The average Bonchev–Trinajstić information content (AvgIpc) is 1.63. The van der Waals surface area contributed by atoms with Gasteiger partial charge in [-0.3, -0.25) is 9.59 Å². The highest BCUT2D eigenvalue weighted by Crippen LogP contribution is 2.47. The van der Waals surface area contributed by atoms with Crippen LogP contribution in [0.1, 0.15) is 232 Å². The van der Waals surface area contributed by atoms with Crippen molar-refractivity contribution in [1.29, 1.82) is 0 Å². The molecule has 0 saturated carbocycles. The third-order valence-electron chi connectivity index (χ3n) is 26.2. The van der Waals surface area contributed by atoms with Crippen LogP contribution in [0.5, 0.6) is 0 Å². The first-order valence-corrected chi connectivity index (χ1v) is 55.1. The predicted octanol–water partition coefficient (Wildman–Crippen LogP) is 19.9. The second-order valence-electron chi connectivity index (χ2n) is 41.1. The number of hydrogen-bond acceptors (Lipinski definition) is 20. The molecule has 2 aromatic rings. The SMILES string of the molecule is C=C1C(C[C@@H]2O[C@H](C[C@@H](CO[Si](C)(C)C(C)(C)C)O[Si](C)(C)C(C)(C)C)[C@H](OC)[C@H]2Cc2ccccc2)OC(CC[C@@H]2O[C@@H](CCCOC(=O)C(C)(C)C)CC2=C)C[C@H]1C.C=C1C(C[C@@H]2O[C@H](C[C@H](O)CO)[C@H](OC)[C@H]2Cc2ccccc2)OC(CC[C@@H]2O[C@@H](CCCOC(=O)C(C)(C)C)CC2=C)C[C@H]1C.CC(C)(C)[Si](C)(C)Cl.O=S=O.O=S=O. The summed E-state index contributed by atoms with van der Waals surface area (Å²) in [6.07, 6.45) is 12.6. The zero-order valence-corrected chi connectivity index (χ0v) is 83.5. The van der Waals surface area contributed by atoms with Gasteiger partial charge in [-0.15, -0.1) is 0 Å². The molecule has 2 N–H and O–H groups in total. The molecule has 6 saturated heterocycles. The Morgan fingerprint density at radius 1 is 0.508 bits per heavy atom. The van der Waals surface area contributed by atoms with Crippen LogP contribution in [0.25, 0.3) is 0 Å². The van der Waals surface area contributed by atoms with E-state index in [0.29, 0.717) is 56.0 Å². The van der Waals surface area contributed by atoms with E-state index in [-0.39, 0.29) is 132 Å². The first-order valence-electron chi connectivity index (χ1n) is 44.0. The van der Waals surface area contributed by atoms with Gasteiger partial charge in [0.1, 0.15) is 0 Å². The molecule has 6 aliphatic rings. The van der Waals surface area contributed by atoms with Crippen molar-refractivity contribution >= 4 is 70.2 Å². The zero-order chi connectivity index (χ0) is 90.7. The first-order chi connectivity index (χ1) is 55.7. The third-order valence-corrected chi connectivity index (χ3v) is 40.5. The molecule has 2 aromatic carbocycles. The summed E-state index contributed by atoms with van der Waals surface area (Å²) < 4.78 is 111. The highest BCUT2D eigenvalue weighted by molar-refractivity contribution is 7.52. The lowest BCUT2D eigenvalue weighted by molar-refractivity contribution is -0.154. The van der Waals surface area contributed by atoms with Crippen molar-refractivity contribution in [2.24, 2.45) is 34.5 Å². The van der Waals surface area contributed by atoms with Crippen molar-refractivity contribution in [3.8, 4) is 0 Å². The maximum Gasteiger partial charge on any atom is 0.335 e. The van der Waals surface area contributed by atoms with E-state index in [2.05, 4.69) is 184 Å². The topological polar surface area (TPSA) is 254 Å².